The Morgan fingerprint density at radius 2 is 2.18 bits per heavy atom. The lowest BCUT2D eigenvalue weighted by Crippen LogP contribution is -2.43. The molecule has 0 aliphatic carbocycles. The first kappa shape index (κ1) is 14.0. The molecular formula is C10H18N2O5. The molecule has 1 saturated heterocycles. The van der Waals surface area contributed by atoms with Crippen LogP contribution in [0.15, 0.2) is 5.10 Å². The van der Waals surface area contributed by atoms with Gasteiger partial charge in [-0.2, -0.15) is 5.10 Å². The van der Waals surface area contributed by atoms with Gasteiger partial charge in [-0.15, -0.1) is 0 Å². The van der Waals surface area contributed by atoms with Crippen LogP contribution in [-0.2, 0) is 14.3 Å². The van der Waals surface area contributed by atoms with Crippen molar-refractivity contribution < 1.29 is 24.5 Å². The fourth-order valence-corrected chi connectivity index (χ4v) is 1.68. The summed E-state index contributed by atoms with van der Waals surface area (Å²) in [5, 5.41) is 24.3. The Hall–Kier alpha value is -1.02. The van der Waals surface area contributed by atoms with Crippen LogP contribution in [0, 0.1) is 0 Å². The number of nitrogens with zero attached hydrogens (tertiary/aromatic N) is 2. The van der Waals surface area contributed by atoms with Gasteiger partial charge in [0.2, 0.25) is 5.91 Å². The van der Waals surface area contributed by atoms with Crippen molar-refractivity contribution in [3.05, 3.63) is 0 Å². The molecule has 0 bridgehead atoms. The second-order valence-electron chi connectivity index (χ2n) is 3.74. The van der Waals surface area contributed by atoms with Gasteiger partial charge in [0.1, 0.15) is 18.3 Å². The Morgan fingerprint density at radius 3 is 2.65 bits per heavy atom. The van der Waals surface area contributed by atoms with Crippen molar-refractivity contribution in [1.82, 2.24) is 5.01 Å². The molecular weight excluding hydrogens is 228 g/mol. The summed E-state index contributed by atoms with van der Waals surface area (Å²) in [6, 6.07) is 0. The number of amides is 1. The molecule has 1 aliphatic rings. The van der Waals surface area contributed by atoms with E-state index in [1.807, 2.05) is 0 Å². The summed E-state index contributed by atoms with van der Waals surface area (Å²) in [5.41, 5.74) is 0. The molecule has 1 rings (SSSR count). The quantitative estimate of drug-likeness (QED) is 0.487. The second-order valence-corrected chi connectivity index (χ2v) is 3.74. The van der Waals surface area contributed by atoms with E-state index in [9.17, 15) is 15.0 Å². The van der Waals surface area contributed by atoms with Crippen molar-refractivity contribution in [2.45, 2.75) is 38.4 Å². The standard InChI is InChI=1S/C10H18N2O5/c1-4-11-12(6(2)13)10-9(15)8(14)7(17-10)5-16-3/h4,7-10,14-15H,5H2,1-3H3/b11-4-/t7?,8-,9-,10?/m1/s1. The zero-order chi connectivity index (χ0) is 13.0. The maximum atomic E-state index is 11.3. The number of carbonyl (C=O) groups excluding carboxylic acids is 1. The van der Waals surface area contributed by atoms with Crippen molar-refractivity contribution in [2.75, 3.05) is 13.7 Å². The number of hydrogen-bond acceptors (Lipinski definition) is 6. The molecule has 17 heavy (non-hydrogen) atoms. The smallest absolute Gasteiger partial charge is 0.242 e. The first-order chi connectivity index (χ1) is 8.02. The predicted octanol–water partition coefficient (Wildman–Crippen LogP) is -1.07. The highest BCUT2D eigenvalue weighted by molar-refractivity contribution is 5.74. The van der Waals surface area contributed by atoms with Gasteiger partial charge in [0.15, 0.2) is 6.23 Å². The molecule has 2 unspecified atom stereocenters. The van der Waals surface area contributed by atoms with E-state index < -0.39 is 24.5 Å². The number of carbonyl (C=O) groups is 1. The minimum absolute atomic E-state index is 0.135. The van der Waals surface area contributed by atoms with Gasteiger partial charge in [-0.3, -0.25) is 4.79 Å². The van der Waals surface area contributed by atoms with Gasteiger partial charge in [0.05, 0.1) is 6.61 Å². The molecule has 1 aliphatic heterocycles. The van der Waals surface area contributed by atoms with Gasteiger partial charge in [-0.25, -0.2) is 5.01 Å². The van der Waals surface area contributed by atoms with Gasteiger partial charge < -0.3 is 19.7 Å². The maximum Gasteiger partial charge on any atom is 0.242 e. The third-order valence-electron chi connectivity index (χ3n) is 2.47. The highest BCUT2D eigenvalue weighted by Gasteiger charge is 2.46. The molecule has 0 aromatic carbocycles. The molecule has 1 heterocycles. The zero-order valence-corrected chi connectivity index (χ0v) is 10.1. The van der Waals surface area contributed by atoms with E-state index in [-0.39, 0.29) is 12.5 Å². The summed E-state index contributed by atoms with van der Waals surface area (Å²) in [7, 11) is 1.46. The van der Waals surface area contributed by atoms with Crippen LogP contribution in [0.2, 0.25) is 0 Å². The first-order valence-corrected chi connectivity index (χ1v) is 5.31. The lowest BCUT2D eigenvalue weighted by molar-refractivity contribution is -0.151. The largest absolute Gasteiger partial charge is 0.387 e. The molecule has 0 spiro atoms. The first-order valence-electron chi connectivity index (χ1n) is 5.31. The number of ether oxygens (including phenoxy) is 2. The molecule has 7 heteroatoms. The number of methoxy groups -OCH3 is 1. The van der Waals surface area contributed by atoms with Crippen LogP contribution in [-0.4, -0.2) is 65.6 Å². The fraction of sp³-hybridized carbons (Fsp3) is 0.800. The van der Waals surface area contributed by atoms with Crippen LogP contribution in [0.4, 0.5) is 0 Å². The predicted molar refractivity (Wildman–Crippen MR) is 59.2 cm³/mol. The Labute approximate surface area is 99.6 Å². The van der Waals surface area contributed by atoms with Gasteiger partial charge in [-0.1, -0.05) is 0 Å². The Morgan fingerprint density at radius 1 is 1.53 bits per heavy atom. The van der Waals surface area contributed by atoms with E-state index in [0.717, 1.165) is 5.01 Å². The average Bonchev–Trinajstić information content (AvgIpc) is 2.54. The highest BCUT2D eigenvalue weighted by Crippen LogP contribution is 2.24. The van der Waals surface area contributed by atoms with Crippen molar-refractivity contribution in [3.63, 3.8) is 0 Å². The fourth-order valence-electron chi connectivity index (χ4n) is 1.68. The molecule has 1 amide bonds. The van der Waals surface area contributed by atoms with Crippen molar-refractivity contribution in [1.29, 1.82) is 0 Å². The van der Waals surface area contributed by atoms with E-state index in [2.05, 4.69) is 5.10 Å². The third-order valence-corrected chi connectivity index (χ3v) is 2.47. The van der Waals surface area contributed by atoms with Crippen molar-refractivity contribution in [3.8, 4) is 0 Å². The summed E-state index contributed by atoms with van der Waals surface area (Å²) in [5.74, 6) is -0.377. The van der Waals surface area contributed by atoms with Crippen LogP contribution in [0.25, 0.3) is 0 Å². The number of hydrogen-bond donors (Lipinski definition) is 2. The molecule has 0 aromatic heterocycles. The zero-order valence-electron chi connectivity index (χ0n) is 10.1. The molecule has 2 N–H and O–H groups in total. The lowest BCUT2D eigenvalue weighted by Gasteiger charge is -2.24. The molecule has 1 fully saturated rings. The molecule has 0 aromatic rings. The van der Waals surface area contributed by atoms with Crippen molar-refractivity contribution in [2.24, 2.45) is 5.10 Å². The van der Waals surface area contributed by atoms with Crippen LogP contribution < -0.4 is 0 Å². The topological polar surface area (TPSA) is 91.6 Å². The third kappa shape index (κ3) is 3.01. The summed E-state index contributed by atoms with van der Waals surface area (Å²) in [6.07, 6.45) is -2.56. The average molecular weight is 246 g/mol. The van der Waals surface area contributed by atoms with Gasteiger partial charge in [0.25, 0.3) is 0 Å². The monoisotopic (exact) mass is 246 g/mol. The summed E-state index contributed by atoms with van der Waals surface area (Å²) in [6.45, 7) is 3.08. The Bertz CT molecular complexity index is 296. The normalized spacial score (nSPS) is 33.2. The van der Waals surface area contributed by atoms with Crippen LogP contribution in [0.3, 0.4) is 0 Å². The highest BCUT2D eigenvalue weighted by atomic mass is 16.6. The van der Waals surface area contributed by atoms with E-state index in [1.54, 1.807) is 6.92 Å². The van der Waals surface area contributed by atoms with E-state index in [1.165, 1.54) is 20.2 Å². The number of aliphatic hydroxyl groups excluding tert-OH is 2. The van der Waals surface area contributed by atoms with Gasteiger partial charge >= 0.3 is 0 Å². The maximum absolute atomic E-state index is 11.3. The number of aliphatic hydroxyl groups is 2. The van der Waals surface area contributed by atoms with E-state index >= 15 is 0 Å². The summed E-state index contributed by atoms with van der Waals surface area (Å²) < 4.78 is 10.2. The minimum Gasteiger partial charge on any atom is -0.387 e. The molecule has 4 atom stereocenters. The van der Waals surface area contributed by atoms with Gasteiger partial charge in [-0.05, 0) is 6.92 Å². The molecule has 98 valence electrons. The van der Waals surface area contributed by atoms with Crippen LogP contribution in [0.1, 0.15) is 13.8 Å². The van der Waals surface area contributed by atoms with E-state index in [0.29, 0.717) is 0 Å². The van der Waals surface area contributed by atoms with E-state index in [4.69, 9.17) is 9.47 Å². The second kappa shape index (κ2) is 6.06. The van der Waals surface area contributed by atoms with Crippen LogP contribution >= 0.6 is 0 Å². The van der Waals surface area contributed by atoms with Crippen molar-refractivity contribution >= 4 is 12.1 Å². The molecule has 0 radical (unpaired) electrons. The Kier molecular flexibility index (Phi) is 5.01. The minimum atomic E-state index is -1.21. The summed E-state index contributed by atoms with van der Waals surface area (Å²) in [4.78, 5) is 11.3. The van der Waals surface area contributed by atoms with Crippen LogP contribution in [0.5, 0.6) is 0 Å². The van der Waals surface area contributed by atoms with Gasteiger partial charge in [0, 0.05) is 20.2 Å². The number of rotatable bonds is 4. The SMILES string of the molecule is C/C=N\N(C(C)=O)C1OC(COC)[C@@H](O)[C@H]1O. The summed E-state index contributed by atoms with van der Waals surface area (Å²) >= 11 is 0. The number of hydrazone groups is 1. The molecule has 7 nitrogen and oxygen atoms in total. The Balaban J connectivity index is 2.80. The lowest BCUT2D eigenvalue weighted by atomic mass is 10.1. The molecule has 0 saturated carbocycles.